The molecule has 0 fully saturated rings. The van der Waals surface area contributed by atoms with Crippen molar-refractivity contribution in [3.8, 4) is 5.75 Å². The number of para-hydroxylation sites is 1. The highest BCUT2D eigenvalue weighted by atomic mass is 16.5. The smallest absolute Gasteiger partial charge is 0.313 e. The highest BCUT2D eigenvalue weighted by molar-refractivity contribution is 5.87. The zero-order valence-electron chi connectivity index (χ0n) is 8.78. The summed E-state index contributed by atoms with van der Waals surface area (Å²) in [5, 5.41) is 1.05. The number of carbonyl (C=O) groups excluding carboxylic acids is 1. The van der Waals surface area contributed by atoms with Crippen molar-refractivity contribution in [3.05, 3.63) is 30.5 Å². The van der Waals surface area contributed by atoms with Crippen LogP contribution in [0.3, 0.4) is 0 Å². The molecule has 3 heteroatoms. The number of fused-ring (bicyclic) bond motifs is 1. The minimum absolute atomic E-state index is 0.116. The Kier molecular flexibility index (Phi) is 2.46. The van der Waals surface area contributed by atoms with Crippen molar-refractivity contribution in [2.24, 2.45) is 5.92 Å². The minimum Gasteiger partial charge on any atom is -0.424 e. The Bertz CT molecular complexity index is 485. The first-order valence-electron chi connectivity index (χ1n) is 4.96. The van der Waals surface area contributed by atoms with Crippen molar-refractivity contribution in [2.75, 3.05) is 0 Å². The Morgan fingerprint density at radius 2 is 2.13 bits per heavy atom. The van der Waals surface area contributed by atoms with E-state index < -0.39 is 0 Å². The highest BCUT2D eigenvalue weighted by Gasteiger charge is 2.11. The van der Waals surface area contributed by atoms with Crippen molar-refractivity contribution in [2.45, 2.75) is 13.8 Å². The van der Waals surface area contributed by atoms with E-state index in [2.05, 4.69) is 4.98 Å². The second-order valence-electron chi connectivity index (χ2n) is 3.77. The summed E-state index contributed by atoms with van der Waals surface area (Å²) in [6.07, 6.45) is 1.83. The number of aromatic nitrogens is 1. The van der Waals surface area contributed by atoms with Crippen LogP contribution in [0.4, 0.5) is 0 Å². The third-order valence-electron chi connectivity index (χ3n) is 2.23. The van der Waals surface area contributed by atoms with Crippen molar-refractivity contribution < 1.29 is 9.53 Å². The summed E-state index contributed by atoms with van der Waals surface area (Å²) in [5.74, 6) is 0.267. The Labute approximate surface area is 88.1 Å². The van der Waals surface area contributed by atoms with Gasteiger partial charge in [0.05, 0.1) is 11.4 Å². The van der Waals surface area contributed by atoms with E-state index in [0.717, 1.165) is 10.9 Å². The zero-order chi connectivity index (χ0) is 10.8. The van der Waals surface area contributed by atoms with Gasteiger partial charge >= 0.3 is 5.97 Å². The van der Waals surface area contributed by atoms with E-state index >= 15 is 0 Å². The summed E-state index contributed by atoms with van der Waals surface area (Å²) in [5.41, 5.74) is 0.867. The maximum atomic E-state index is 11.4. The van der Waals surface area contributed by atoms with E-state index in [1.807, 2.05) is 38.2 Å². The van der Waals surface area contributed by atoms with Crippen molar-refractivity contribution >= 4 is 16.9 Å². The molecule has 0 unspecified atom stereocenters. The molecule has 3 nitrogen and oxygen atoms in total. The fourth-order valence-corrected chi connectivity index (χ4v) is 1.37. The first-order chi connectivity index (χ1) is 7.18. The Morgan fingerprint density at radius 1 is 1.33 bits per heavy atom. The summed E-state index contributed by atoms with van der Waals surface area (Å²) in [7, 11) is 0. The molecule has 2 rings (SSSR count). The van der Waals surface area contributed by atoms with Crippen LogP contribution in [0.1, 0.15) is 13.8 Å². The first kappa shape index (κ1) is 9.77. The number of rotatable bonds is 2. The lowest BCUT2D eigenvalue weighted by Crippen LogP contribution is -2.14. The van der Waals surface area contributed by atoms with E-state index in [9.17, 15) is 4.79 Å². The fourth-order valence-electron chi connectivity index (χ4n) is 1.37. The van der Waals surface area contributed by atoms with Crippen LogP contribution in [0.5, 0.6) is 5.75 Å². The molecule has 0 radical (unpaired) electrons. The molecular formula is C12H13NO2. The van der Waals surface area contributed by atoms with E-state index in [1.54, 1.807) is 6.07 Å². The molecule has 1 N–H and O–H groups in total. The van der Waals surface area contributed by atoms with Gasteiger partial charge in [-0.3, -0.25) is 4.79 Å². The number of ether oxygens (including phenoxy) is 1. The van der Waals surface area contributed by atoms with Gasteiger partial charge in [-0.2, -0.15) is 0 Å². The predicted molar refractivity (Wildman–Crippen MR) is 58.8 cm³/mol. The monoisotopic (exact) mass is 203 g/mol. The summed E-state index contributed by atoms with van der Waals surface area (Å²) in [6.45, 7) is 3.63. The molecule has 0 atom stereocenters. The molecule has 0 saturated carbocycles. The summed E-state index contributed by atoms with van der Waals surface area (Å²) >= 11 is 0. The summed E-state index contributed by atoms with van der Waals surface area (Å²) in [6, 6.07) is 7.58. The summed E-state index contributed by atoms with van der Waals surface area (Å²) < 4.78 is 5.28. The molecule has 0 spiro atoms. The third-order valence-corrected chi connectivity index (χ3v) is 2.23. The lowest BCUT2D eigenvalue weighted by molar-refractivity contribution is -0.137. The van der Waals surface area contributed by atoms with E-state index in [-0.39, 0.29) is 11.9 Å². The molecule has 1 aromatic heterocycles. The lowest BCUT2D eigenvalue weighted by atomic mass is 10.2. The topological polar surface area (TPSA) is 42.1 Å². The molecule has 15 heavy (non-hydrogen) atoms. The van der Waals surface area contributed by atoms with E-state index in [1.165, 1.54) is 0 Å². The highest BCUT2D eigenvalue weighted by Crippen LogP contribution is 2.24. The molecule has 0 aliphatic heterocycles. The van der Waals surface area contributed by atoms with Gasteiger partial charge in [-0.15, -0.1) is 0 Å². The number of esters is 1. The van der Waals surface area contributed by atoms with E-state index in [4.69, 9.17) is 4.74 Å². The van der Waals surface area contributed by atoms with Crippen LogP contribution in [0.15, 0.2) is 30.5 Å². The van der Waals surface area contributed by atoms with Crippen LogP contribution in [-0.4, -0.2) is 11.0 Å². The van der Waals surface area contributed by atoms with Gasteiger partial charge in [0.2, 0.25) is 0 Å². The maximum absolute atomic E-state index is 11.4. The van der Waals surface area contributed by atoms with Gasteiger partial charge in [-0.1, -0.05) is 26.0 Å². The van der Waals surface area contributed by atoms with Crippen molar-refractivity contribution in [1.82, 2.24) is 4.98 Å². The van der Waals surface area contributed by atoms with Crippen LogP contribution >= 0.6 is 0 Å². The quantitative estimate of drug-likeness (QED) is 0.602. The number of H-pyrrole nitrogens is 1. The third kappa shape index (κ3) is 1.86. The van der Waals surface area contributed by atoms with Crippen LogP contribution < -0.4 is 4.74 Å². The number of hydrogen-bond acceptors (Lipinski definition) is 2. The van der Waals surface area contributed by atoms with Crippen LogP contribution in [0.2, 0.25) is 0 Å². The average Bonchev–Trinajstić information content (AvgIpc) is 2.66. The normalized spacial score (nSPS) is 10.9. The number of carbonyl (C=O) groups is 1. The number of aromatic amines is 1. The van der Waals surface area contributed by atoms with Crippen LogP contribution in [0, 0.1) is 5.92 Å². The minimum atomic E-state index is -0.211. The van der Waals surface area contributed by atoms with Gasteiger partial charge in [0.15, 0.2) is 5.75 Å². The fraction of sp³-hybridized carbons (Fsp3) is 0.250. The molecule has 0 aliphatic rings. The summed E-state index contributed by atoms with van der Waals surface area (Å²) in [4.78, 5) is 14.5. The molecule has 0 bridgehead atoms. The Balaban J connectivity index is 2.35. The lowest BCUT2D eigenvalue weighted by Gasteiger charge is -2.07. The number of hydrogen-bond donors (Lipinski definition) is 1. The average molecular weight is 203 g/mol. The van der Waals surface area contributed by atoms with Crippen LogP contribution in [-0.2, 0) is 4.79 Å². The van der Waals surface area contributed by atoms with E-state index in [0.29, 0.717) is 5.75 Å². The second kappa shape index (κ2) is 3.77. The van der Waals surface area contributed by atoms with Gasteiger partial charge in [0, 0.05) is 11.6 Å². The number of benzene rings is 1. The first-order valence-corrected chi connectivity index (χ1v) is 4.96. The molecule has 0 saturated heterocycles. The van der Waals surface area contributed by atoms with Gasteiger partial charge < -0.3 is 9.72 Å². The van der Waals surface area contributed by atoms with Gasteiger partial charge in [0.25, 0.3) is 0 Å². The van der Waals surface area contributed by atoms with Crippen LogP contribution in [0.25, 0.3) is 10.9 Å². The SMILES string of the molecule is CC(C)C(=O)Oc1cccc2cc[nH]c12. The molecule has 78 valence electrons. The number of nitrogens with one attached hydrogen (secondary N) is 1. The Morgan fingerprint density at radius 3 is 2.87 bits per heavy atom. The molecule has 0 amide bonds. The molecule has 2 aromatic rings. The molecule has 1 aromatic carbocycles. The molecular weight excluding hydrogens is 190 g/mol. The van der Waals surface area contributed by atoms with Crippen molar-refractivity contribution in [3.63, 3.8) is 0 Å². The second-order valence-corrected chi connectivity index (χ2v) is 3.77. The molecule has 0 aliphatic carbocycles. The standard InChI is InChI=1S/C12H13NO2/c1-8(2)12(14)15-10-5-3-4-9-6-7-13-11(9)10/h3-8,13H,1-2H3. The maximum Gasteiger partial charge on any atom is 0.313 e. The predicted octanol–water partition coefficient (Wildman–Crippen LogP) is 2.73. The van der Waals surface area contributed by atoms with Gasteiger partial charge in [-0.05, 0) is 12.1 Å². The zero-order valence-corrected chi connectivity index (χ0v) is 8.78. The van der Waals surface area contributed by atoms with Gasteiger partial charge in [0.1, 0.15) is 0 Å². The van der Waals surface area contributed by atoms with Gasteiger partial charge in [-0.25, -0.2) is 0 Å². The largest absolute Gasteiger partial charge is 0.424 e. The van der Waals surface area contributed by atoms with Crippen molar-refractivity contribution in [1.29, 1.82) is 0 Å². The Hall–Kier alpha value is -1.77. The molecule has 1 heterocycles.